The summed E-state index contributed by atoms with van der Waals surface area (Å²) in [5.41, 5.74) is 0. The monoisotopic (exact) mass is 645 g/mol. The van der Waals surface area contributed by atoms with Crippen molar-refractivity contribution in [2.45, 2.75) is 196 Å². The van der Waals surface area contributed by atoms with Crippen LogP contribution in [0.1, 0.15) is 196 Å². The lowest BCUT2D eigenvalue weighted by molar-refractivity contribution is 0.318. The molecule has 0 unspecified atom stereocenters. The summed E-state index contributed by atoms with van der Waals surface area (Å²) in [4.78, 5) is 0. The van der Waals surface area contributed by atoms with Crippen molar-refractivity contribution >= 4 is 0 Å². The zero-order valence-electron chi connectivity index (χ0n) is 31.3. The van der Waals surface area contributed by atoms with Gasteiger partial charge in [0, 0.05) is 46.2 Å². The zero-order chi connectivity index (χ0) is 35.2. The lowest BCUT2D eigenvalue weighted by atomic mass is 10.0. The van der Waals surface area contributed by atoms with Gasteiger partial charge in [-0.25, -0.2) is 0 Å². The smallest absolute Gasteiger partial charge is 0.0402 e. The van der Waals surface area contributed by atoms with Gasteiger partial charge in [0.1, 0.15) is 0 Å². The summed E-state index contributed by atoms with van der Waals surface area (Å²) in [7, 11) is 0. The van der Waals surface area contributed by atoms with Crippen LogP contribution >= 0.6 is 0 Å². The highest BCUT2D eigenvalue weighted by atomic mass is 16.3. The highest BCUT2D eigenvalue weighted by molar-refractivity contribution is 4.52. The van der Waals surface area contributed by atoms with Gasteiger partial charge in [0.05, 0.1) is 0 Å². The summed E-state index contributed by atoms with van der Waals surface area (Å²) in [6.07, 6.45) is 34.5. The van der Waals surface area contributed by atoms with E-state index in [0.29, 0.717) is 0 Å². The van der Waals surface area contributed by atoms with E-state index in [4.69, 9.17) is 35.7 Å². The number of hydrogen-bond donors (Lipinski definition) is 7. The molecular formula is C37H88O7. The van der Waals surface area contributed by atoms with Gasteiger partial charge in [-0.15, -0.1) is 0 Å². The molecule has 0 aromatic carbocycles. The molecule has 1 fully saturated rings. The molecule has 44 heavy (non-hydrogen) atoms. The Morgan fingerprint density at radius 1 is 0.182 bits per heavy atom. The van der Waals surface area contributed by atoms with Gasteiger partial charge in [0.2, 0.25) is 0 Å². The molecule has 0 atom stereocenters. The van der Waals surface area contributed by atoms with E-state index >= 15 is 0 Å². The van der Waals surface area contributed by atoms with E-state index in [1.807, 2.05) is 0 Å². The molecule has 0 aromatic rings. The van der Waals surface area contributed by atoms with Crippen LogP contribution in [-0.2, 0) is 0 Å². The molecule has 0 heterocycles. The number of hydrogen-bond acceptors (Lipinski definition) is 7. The molecule has 0 amide bonds. The standard InChI is InChI=1S/C23H46.7C2H6O/c1-2-4-6-8-10-12-14-16-18-20-22-23-21-19-17-15-13-11-9-7-5-3-1;7*1-2-3/h1-23H2;7*3H,2H2,1H3. The molecule has 1 rings (SSSR count). The Morgan fingerprint density at radius 2 is 0.205 bits per heavy atom. The summed E-state index contributed by atoms with van der Waals surface area (Å²) in [6.45, 7) is 13.5. The van der Waals surface area contributed by atoms with E-state index in [-0.39, 0.29) is 46.2 Å². The average molecular weight is 645 g/mol. The Balaban J connectivity index is -0.000000106. The molecule has 278 valence electrons. The molecule has 0 aliphatic heterocycles. The topological polar surface area (TPSA) is 142 Å². The maximum absolute atomic E-state index is 7.57. The van der Waals surface area contributed by atoms with Gasteiger partial charge < -0.3 is 35.7 Å². The van der Waals surface area contributed by atoms with E-state index in [1.165, 1.54) is 148 Å². The molecule has 1 aliphatic carbocycles. The molecule has 1 aliphatic rings. The van der Waals surface area contributed by atoms with Crippen LogP contribution in [0.25, 0.3) is 0 Å². The first-order valence-electron chi connectivity index (χ1n) is 18.7. The van der Waals surface area contributed by atoms with Crippen LogP contribution in [0.5, 0.6) is 0 Å². The zero-order valence-corrected chi connectivity index (χ0v) is 31.3. The van der Waals surface area contributed by atoms with Gasteiger partial charge in [-0.3, -0.25) is 0 Å². The third-order valence-corrected chi connectivity index (χ3v) is 5.75. The summed E-state index contributed by atoms with van der Waals surface area (Å²) in [5.74, 6) is 0. The molecular weight excluding hydrogens is 556 g/mol. The molecule has 0 radical (unpaired) electrons. The fourth-order valence-corrected chi connectivity index (χ4v) is 4.07. The normalized spacial score (nSPS) is 15.4. The van der Waals surface area contributed by atoms with Crippen molar-refractivity contribution in [3.05, 3.63) is 0 Å². The van der Waals surface area contributed by atoms with Crippen LogP contribution in [0.2, 0.25) is 0 Å². The van der Waals surface area contributed by atoms with Crippen molar-refractivity contribution in [2.75, 3.05) is 46.2 Å². The lowest BCUT2D eigenvalue weighted by Gasteiger charge is -2.03. The van der Waals surface area contributed by atoms with E-state index in [1.54, 1.807) is 48.5 Å². The first kappa shape index (κ1) is 59.2. The van der Waals surface area contributed by atoms with Gasteiger partial charge in [-0.2, -0.15) is 0 Å². The minimum Gasteiger partial charge on any atom is -0.397 e. The van der Waals surface area contributed by atoms with Crippen molar-refractivity contribution in [3.63, 3.8) is 0 Å². The molecule has 1 saturated carbocycles. The fraction of sp³-hybridized carbons (Fsp3) is 1.00. The van der Waals surface area contributed by atoms with Gasteiger partial charge in [-0.05, 0) is 48.5 Å². The molecule has 0 aromatic heterocycles. The average Bonchev–Trinajstić information content (AvgIpc) is 2.97. The first-order valence-corrected chi connectivity index (χ1v) is 18.7. The summed E-state index contributed by atoms with van der Waals surface area (Å²) >= 11 is 0. The molecule has 7 N–H and O–H groups in total. The summed E-state index contributed by atoms with van der Waals surface area (Å²) in [6, 6.07) is 0. The number of rotatable bonds is 0. The predicted octanol–water partition coefficient (Wildman–Crippen LogP) is 8.96. The van der Waals surface area contributed by atoms with Crippen LogP contribution < -0.4 is 0 Å². The molecule has 7 nitrogen and oxygen atoms in total. The third kappa shape index (κ3) is 134. The van der Waals surface area contributed by atoms with Gasteiger partial charge in [0.15, 0.2) is 0 Å². The SMILES string of the molecule is C1CCCCCCCCCCCCCCCCCCCCCC1.CCO.CCO.CCO.CCO.CCO.CCO.CCO. The quantitative estimate of drug-likeness (QED) is 0.140. The van der Waals surface area contributed by atoms with Gasteiger partial charge in [-0.1, -0.05) is 148 Å². The van der Waals surface area contributed by atoms with E-state index in [9.17, 15) is 0 Å². The van der Waals surface area contributed by atoms with E-state index < -0.39 is 0 Å². The maximum atomic E-state index is 7.57. The van der Waals surface area contributed by atoms with Crippen molar-refractivity contribution in [3.8, 4) is 0 Å². The minimum absolute atomic E-state index is 0.250. The Labute approximate surface area is 277 Å². The Hall–Kier alpha value is -0.280. The van der Waals surface area contributed by atoms with Gasteiger partial charge in [0.25, 0.3) is 0 Å². The Kier molecular flexibility index (Phi) is 113. The van der Waals surface area contributed by atoms with Crippen molar-refractivity contribution < 1.29 is 35.7 Å². The highest BCUT2D eigenvalue weighted by Gasteiger charge is 1.97. The van der Waals surface area contributed by atoms with Crippen LogP contribution in [0.3, 0.4) is 0 Å². The Bertz CT molecular complexity index is 199. The Morgan fingerprint density at radius 3 is 0.227 bits per heavy atom. The second kappa shape index (κ2) is 84.2. The van der Waals surface area contributed by atoms with E-state index in [0.717, 1.165) is 0 Å². The summed E-state index contributed by atoms with van der Waals surface area (Å²) in [5, 5.41) is 53.0. The summed E-state index contributed by atoms with van der Waals surface area (Å²) < 4.78 is 0. The number of aliphatic hydroxyl groups excluding tert-OH is 7. The molecule has 0 saturated heterocycles. The maximum Gasteiger partial charge on any atom is 0.0402 e. The largest absolute Gasteiger partial charge is 0.397 e. The van der Waals surface area contributed by atoms with E-state index in [2.05, 4.69) is 0 Å². The first-order chi connectivity index (χ1) is 21.4. The van der Waals surface area contributed by atoms with Crippen LogP contribution in [0.4, 0.5) is 0 Å². The van der Waals surface area contributed by atoms with Crippen LogP contribution in [-0.4, -0.2) is 82.0 Å². The number of aliphatic hydroxyl groups is 7. The molecule has 0 bridgehead atoms. The van der Waals surface area contributed by atoms with Gasteiger partial charge >= 0.3 is 0 Å². The predicted molar refractivity (Wildman–Crippen MR) is 196 cm³/mol. The second-order valence-corrected chi connectivity index (χ2v) is 10.3. The van der Waals surface area contributed by atoms with Crippen LogP contribution in [0.15, 0.2) is 0 Å². The molecule has 7 heteroatoms. The highest BCUT2D eigenvalue weighted by Crippen LogP contribution is 2.16. The molecule has 0 spiro atoms. The van der Waals surface area contributed by atoms with Crippen molar-refractivity contribution in [2.24, 2.45) is 0 Å². The lowest BCUT2D eigenvalue weighted by Crippen LogP contribution is -1.84. The van der Waals surface area contributed by atoms with Crippen LogP contribution in [0, 0.1) is 0 Å². The second-order valence-electron chi connectivity index (χ2n) is 10.3. The van der Waals surface area contributed by atoms with Crippen molar-refractivity contribution in [1.82, 2.24) is 0 Å². The van der Waals surface area contributed by atoms with Crippen molar-refractivity contribution in [1.29, 1.82) is 0 Å². The third-order valence-electron chi connectivity index (χ3n) is 5.75. The fourth-order valence-electron chi connectivity index (χ4n) is 4.07. The minimum atomic E-state index is 0.250.